The van der Waals surface area contributed by atoms with Crippen LogP contribution < -0.4 is 11.1 Å². The third-order valence-electron chi connectivity index (χ3n) is 4.21. The van der Waals surface area contributed by atoms with E-state index in [2.05, 4.69) is 5.32 Å². The van der Waals surface area contributed by atoms with Gasteiger partial charge in [-0.05, 0) is 19.9 Å². The molecular formula is C20H25ClN2O5. The van der Waals surface area contributed by atoms with E-state index in [9.17, 15) is 9.59 Å². The van der Waals surface area contributed by atoms with Gasteiger partial charge in [-0.25, -0.2) is 9.59 Å². The second kappa shape index (κ2) is 10.3. The number of esters is 2. The maximum Gasteiger partial charge on any atom is 0.340 e. The van der Waals surface area contributed by atoms with Crippen molar-refractivity contribution in [1.29, 1.82) is 0 Å². The molecule has 7 nitrogen and oxygen atoms in total. The predicted molar refractivity (Wildman–Crippen MR) is 107 cm³/mol. The molecule has 1 heterocycles. The Hall–Kier alpha value is -2.35. The topological polar surface area (TPSA) is 99.9 Å². The van der Waals surface area contributed by atoms with Crippen molar-refractivity contribution < 1.29 is 23.8 Å². The molecule has 0 fully saturated rings. The molecule has 0 spiro atoms. The van der Waals surface area contributed by atoms with E-state index in [1.54, 1.807) is 38.1 Å². The largest absolute Gasteiger partial charge is 0.465 e. The van der Waals surface area contributed by atoms with Crippen LogP contribution in [0, 0.1) is 0 Å². The van der Waals surface area contributed by atoms with Crippen molar-refractivity contribution in [1.82, 2.24) is 5.32 Å². The average molecular weight is 409 g/mol. The highest BCUT2D eigenvalue weighted by molar-refractivity contribution is 6.33. The molecule has 1 aliphatic rings. The van der Waals surface area contributed by atoms with Crippen molar-refractivity contribution >= 4 is 29.1 Å². The highest BCUT2D eigenvalue weighted by Crippen LogP contribution is 2.38. The molecule has 0 saturated heterocycles. The summed E-state index contributed by atoms with van der Waals surface area (Å²) in [5, 5.41) is 3.56. The molecule has 0 radical (unpaired) electrons. The first kappa shape index (κ1) is 21.9. The van der Waals surface area contributed by atoms with Gasteiger partial charge in [0.25, 0.3) is 0 Å². The molecule has 1 atom stereocenters. The molecule has 0 aliphatic carbocycles. The molecule has 2 rings (SSSR count). The van der Waals surface area contributed by atoms with Crippen LogP contribution in [0.2, 0.25) is 5.02 Å². The lowest BCUT2D eigenvalue weighted by Crippen LogP contribution is -2.42. The number of methoxy groups -OCH3 is 1. The number of allylic oxidation sites excluding steroid dienone is 1. The number of benzene rings is 1. The molecule has 8 heteroatoms. The fourth-order valence-electron chi connectivity index (χ4n) is 3.07. The lowest BCUT2D eigenvalue weighted by molar-refractivity contribution is -0.139. The summed E-state index contributed by atoms with van der Waals surface area (Å²) in [6.45, 7) is 4.50. The number of halogens is 1. The van der Waals surface area contributed by atoms with Crippen molar-refractivity contribution in [2.45, 2.75) is 19.9 Å². The Morgan fingerprint density at radius 2 is 1.96 bits per heavy atom. The SMILES string of the molecule is CCOC(=O)C1=C(c2ccccc2Cl)C(C(=O)OC)=C(C)NC1COCCN. The Kier molecular flexibility index (Phi) is 8.04. The summed E-state index contributed by atoms with van der Waals surface area (Å²) >= 11 is 6.41. The third-order valence-corrected chi connectivity index (χ3v) is 4.54. The molecule has 1 aliphatic heterocycles. The van der Waals surface area contributed by atoms with Gasteiger partial charge in [-0.15, -0.1) is 0 Å². The van der Waals surface area contributed by atoms with Crippen LogP contribution in [0.5, 0.6) is 0 Å². The Bertz CT molecular complexity index is 804. The normalized spacial score (nSPS) is 16.7. The molecule has 0 aromatic heterocycles. The zero-order valence-corrected chi connectivity index (χ0v) is 17.0. The maximum atomic E-state index is 12.9. The number of nitrogens with one attached hydrogen (secondary N) is 1. The van der Waals surface area contributed by atoms with Crippen molar-refractivity contribution in [3.63, 3.8) is 0 Å². The van der Waals surface area contributed by atoms with E-state index in [-0.39, 0.29) is 24.4 Å². The van der Waals surface area contributed by atoms with E-state index in [0.717, 1.165) is 0 Å². The van der Waals surface area contributed by atoms with Crippen LogP contribution in [0.25, 0.3) is 5.57 Å². The number of ether oxygens (including phenoxy) is 3. The molecule has 1 aromatic carbocycles. The number of carbonyl (C=O) groups excluding carboxylic acids is 2. The van der Waals surface area contributed by atoms with Crippen molar-refractivity contribution in [3.05, 3.63) is 51.7 Å². The van der Waals surface area contributed by atoms with Crippen LogP contribution >= 0.6 is 11.6 Å². The molecule has 28 heavy (non-hydrogen) atoms. The number of dihydropyridines is 1. The maximum absolute atomic E-state index is 12.9. The Morgan fingerprint density at radius 1 is 1.25 bits per heavy atom. The standard InChI is InChI=1S/C20H25ClN2O5/c1-4-28-20(25)18-15(11-27-10-9-22)23-12(2)16(19(24)26-3)17(18)13-7-5-6-8-14(13)21/h5-8,15,23H,4,9-11,22H2,1-3H3. The molecular weight excluding hydrogens is 384 g/mol. The number of carbonyl (C=O) groups is 2. The number of nitrogens with two attached hydrogens (primary N) is 1. The summed E-state index contributed by atoms with van der Waals surface area (Å²) < 4.78 is 15.8. The predicted octanol–water partition coefficient (Wildman–Crippen LogP) is 2.05. The molecule has 1 unspecified atom stereocenters. The van der Waals surface area contributed by atoms with Crippen LogP contribution in [0.4, 0.5) is 0 Å². The van der Waals surface area contributed by atoms with Gasteiger partial charge in [-0.2, -0.15) is 0 Å². The van der Waals surface area contributed by atoms with Crippen molar-refractivity contribution in [3.8, 4) is 0 Å². The van der Waals surface area contributed by atoms with Crippen molar-refractivity contribution in [2.24, 2.45) is 5.73 Å². The van der Waals surface area contributed by atoms with E-state index < -0.39 is 18.0 Å². The number of rotatable bonds is 8. The Morgan fingerprint density at radius 3 is 2.57 bits per heavy atom. The van der Waals surface area contributed by atoms with Crippen LogP contribution in [0.3, 0.4) is 0 Å². The second-order valence-corrected chi connectivity index (χ2v) is 6.45. The van der Waals surface area contributed by atoms with Gasteiger partial charge >= 0.3 is 11.9 Å². The summed E-state index contributed by atoms with van der Waals surface area (Å²) in [6.07, 6.45) is 0. The van der Waals surface area contributed by atoms with Gasteiger partial charge in [0.2, 0.25) is 0 Å². The van der Waals surface area contributed by atoms with Gasteiger partial charge in [0.05, 0.1) is 44.1 Å². The van der Waals surface area contributed by atoms with E-state index >= 15 is 0 Å². The minimum atomic E-state index is -0.581. The summed E-state index contributed by atoms with van der Waals surface area (Å²) in [7, 11) is 1.29. The average Bonchev–Trinajstić information content (AvgIpc) is 2.67. The Balaban J connectivity index is 2.73. The number of hydrogen-bond acceptors (Lipinski definition) is 7. The fraction of sp³-hybridized carbons (Fsp3) is 0.400. The van der Waals surface area contributed by atoms with Gasteiger partial charge in [-0.1, -0.05) is 29.8 Å². The minimum absolute atomic E-state index is 0.172. The van der Waals surface area contributed by atoms with Gasteiger partial charge in [0.1, 0.15) is 0 Å². The smallest absolute Gasteiger partial charge is 0.340 e. The summed E-state index contributed by atoms with van der Waals surface area (Å²) in [5.74, 6) is -1.14. The Labute approximate surface area is 169 Å². The van der Waals surface area contributed by atoms with Crippen LogP contribution in [0.1, 0.15) is 19.4 Å². The van der Waals surface area contributed by atoms with E-state index in [1.165, 1.54) is 7.11 Å². The first-order valence-corrected chi connectivity index (χ1v) is 9.34. The molecule has 0 bridgehead atoms. The molecule has 1 aromatic rings. The van der Waals surface area contributed by atoms with Gasteiger partial charge in [0, 0.05) is 28.4 Å². The lowest BCUT2D eigenvalue weighted by atomic mass is 9.85. The van der Waals surface area contributed by atoms with E-state index in [1.807, 2.05) is 0 Å². The summed E-state index contributed by atoms with van der Waals surface area (Å²) in [5.41, 5.74) is 7.46. The second-order valence-electron chi connectivity index (χ2n) is 6.04. The minimum Gasteiger partial charge on any atom is -0.465 e. The zero-order valence-electron chi connectivity index (χ0n) is 16.2. The van der Waals surface area contributed by atoms with Crippen LogP contribution in [-0.4, -0.2) is 51.5 Å². The molecule has 0 amide bonds. The van der Waals surface area contributed by atoms with Gasteiger partial charge in [0.15, 0.2) is 0 Å². The van der Waals surface area contributed by atoms with Crippen LogP contribution in [-0.2, 0) is 23.8 Å². The quantitative estimate of drug-likeness (QED) is 0.501. The molecule has 0 saturated carbocycles. The van der Waals surface area contributed by atoms with Gasteiger partial charge < -0.3 is 25.3 Å². The first-order chi connectivity index (χ1) is 13.5. The monoisotopic (exact) mass is 408 g/mol. The molecule has 152 valence electrons. The van der Waals surface area contributed by atoms with E-state index in [4.69, 9.17) is 31.5 Å². The highest BCUT2D eigenvalue weighted by atomic mass is 35.5. The summed E-state index contributed by atoms with van der Waals surface area (Å²) in [6, 6.07) is 6.46. The lowest BCUT2D eigenvalue weighted by Gasteiger charge is -2.31. The summed E-state index contributed by atoms with van der Waals surface area (Å²) in [4.78, 5) is 25.4. The van der Waals surface area contributed by atoms with Crippen LogP contribution in [0.15, 0.2) is 41.1 Å². The fourth-order valence-corrected chi connectivity index (χ4v) is 3.30. The highest BCUT2D eigenvalue weighted by Gasteiger charge is 2.37. The van der Waals surface area contributed by atoms with E-state index in [0.29, 0.717) is 35.0 Å². The van der Waals surface area contributed by atoms with Crippen molar-refractivity contribution in [2.75, 3.05) is 33.5 Å². The zero-order chi connectivity index (χ0) is 20.7. The molecule has 3 N–H and O–H groups in total. The third kappa shape index (κ3) is 4.73. The van der Waals surface area contributed by atoms with Gasteiger partial charge in [-0.3, -0.25) is 0 Å². The first-order valence-electron chi connectivity index (χ1n) is 8.96. The number of hydrogen-bond donors (Lipinski definition) is 2.